The van der Waals surface area contributed by atoms with Crippen LogP contribution in [0.25, 0.3) is 27.6 Å². The van der Waals surface area contributed by atoms with Crippen LogP contribution in [0.3, 0.4) is 0 Å². The number of hydrogen-bond donors (Lipinski definition) is 0. The molecular weight excluding hydrogens is 904 g/mol. The second-order valence-corrected chi connectivity index (χ2v) is 19.3. The number of fused-ring (bicyclic) bond motifs is 3. The summed E-state index contributed by atoms with van der Waals surface area (Å²) in [6, 6.07) is 48.3. The molecule has 0 spiro atoms. The summed E-state index contributed by atoms with van der Waals surface area (Å²) in [5.74, 6) is 2.12. The van der Waals surface area contributed by atoms with Gasteiger partial charge in [0.25, 0.3) is 0 Å². The molecule has 306 valence electrons. The van der Waals surface area contributed by atoms with E-state index < -0.39 is 0 Å². The van der Waals surface area contributed by atoms with E-state index in [1.54, 1.807) is 0 Å². The first-order valence-electron chi connectivity index (χ1n) is 20.4. The van der Waals surface area contributed by atoms with Crippen molar-refractivity contribution in [1.82, 2.24) is 9.55 Å². The number of anilines is 2. The minimum atomic E-state index is -0.163. The van der Waals surface area contributed by atoms with Crippen molar-refractivity contribution in [2.24, 2.45) is 5.41 Å². The molecule has 0 atom stereocenters. The predicted octanol–water partition coefficient (Wildman–Crippen LogP) is 13.8. The fraction of sp³-hybridized carbons (Fsp3) is 0.283. The summed E-state index contributed by atoms with van der Waals surface area (Å²) in [4.78, 5) is 9.38. The molecule has 0 saturated heterocycles. The van der Waals surface area contributed by atoms with Crippen LogP contribution in [0.4, 0.5) is 11.4 Å². The van der Waals surface area contributed by atoms with Crippen molar-refractivity contribution in [3.8, 4) is 17.3 Å². The Labute approximate surface area is 366 Å². The molecule has 2 aromatic heterocycles. The Morgan fingerprint density at radius 1 is 0.576 bits per heavy atom. The Morgan fingerprint density at radius 2 is 1.27 bits per heavy atom. The monoisotopic (exact) mass is 958 g/mol. The predicted molar refractivity (Wildman–Crippen MR) is 242 cm³/mol. The van der Waals surface area contributed by atoms with Crippen LogP contribution in [-0.4, -0.2) is 9.55 Å². The van der Waals surface area contributed by atoms with E-state index >= 15 is 0 Å². The van der Waals surface area contributed by atoms with Gasteiger partial charge in [-0.05, 0) is 69.4 Å². The van der Waals surface area contributed by atoms with Crippen molar-refractivity contribution in [3.05, 3.63) is 174 Å². The SMILES string of the molecule is CC(C)(C)C1=CN(c2cccc(C(C)(C)c3ccccc3)c2)[CH-]N1c1[c-]c(Oc2[c-]c3c(cc2)c2ccccc2n3-c2cc(C(C)(C)C)ccn2)cc(C(C)(C)C)c1.[Pt]. The van der Waals surface area contributed by atoms with Crippen LogP contribution in [0, 0.1) is 24.2 Å². The molecule has 0 bridgehead atoms. The molecule has 1 aliphatic heterocycles. The molecule has 0 amide bonds. The second-order valence-electron chi connectivity index (χ2n) is 19.3. The second kappa shape index (κ2) is 15.5. The van der Waals surface area contributed by atoms with E-state index in [4.69, 9.17) is 9.72 Å². The molecule has 0 fully saturated rings. The zero-order chi connectivity index (χ0) is 41.2. The minimum Gasteiger partial charge on any atom is -0.509 e. The molecular formula is C53H55N4OPt-3. The molecule has 3 heterocycles. The number of pyridine rings is 1. The van der Waals surface area contributed by atoms with E-state index in [0.29, 0.717) is 11.5 Å². The first-order chi connectivity index (χ1) is 27.4. The van der Waals surface area contributed by atoms with Crippen LogP contribution in [0.5, 0.6) is 11.5 Å². The molecule has 0 radical (unpaired) electrons. The summed E-state index contributed by atoms with van der Waals surface area (Å²) in [6.45, 7) is 27.0. The van der Waals surface area contributed by atoms with Gasteiger partial charge in [0.1, 0.15) is 5.82 Å². The van der Waals surface area contributed by atoms with Crippen molar-refractivity contribution in [1.29, 1.82) is 0 Å². The standard InChI is InChI=1S/C53H55N4O.Pt/c1-50(2,3)37-26-27-54-49(31-37)57-46-23-16-15-22-44(46)45-25-24-42(33-47(45)57)58-43-30-39(51(4,5)6)29-41(32-43)56-35-55(34-48(56)52(7,8)9)40-21-17-20-38(28-40)53(10,11)36-18-13-12-14-19-36;/h12-31,34-35H,1-11H3;/q-3;. The van der Waals surface area contributed by atoms with Gasteiger partial charge in [-0.25, -0.2) is 4.98 Å². The van der Waals surface area contributed by atoms with Crippen molar-refractivity contribution in [3.63, 3.8) is 0 Å². The van der Waals surface area contributed by atoms with Crippen molar-refractivity contribution in [2.45, 2.75) is 92.4 Å². The summed E-state index contributed by atoms with van der Waals surface area (Å²) in [5.41, 5.74) is 9.63. The molecule has 0 saturated carbocycles. The number of ether oxygens (including phenoxy) is 1. The third-order valence-electron chi connectivity index (χ3n) is 11.5. The van der Waals surface area contributed by atoms with Gasteiger partial charge in [-0.15, -0.1) is 53.6 Å². The first kappa shape index (κ1) is 42.0. The number of allylic oxidation sites excluding steroid dienone is 1. The number of aromatic nitrogens is 2. The van der Waals surface area contributed by atoms with Crippen molar-refractivity contribution in [2.75, 3.05) is 9.80 Å². The third kappa shape index (κ3) is 8.24. The maximum atomic E-state index is 6.80. The van der Waals surface area contributed by atoms with E-state index in [1.165, 1.54) is 16.7 Å². The maximum Gasteiger partial charge on any atom is 0.135 e. The molecule has 7 aromatic rings. The van der Waals surface area contributed by atoms with E-state index in [-0.39, 0.29) is 42.7 Å². The van der Waals surface area contributed by atoms with Crippen LogP contribution in [-0.2, 0) is 37.3 Å². The average Bonchev–Trinajstić information content (AvgIpc) is 3.79. The fourth-order valence-corrected chi connectivity index (χ4v) is 7.82. The quantitative estimate of drug-likeness (QED) is 0.149. The number of benzene rings is 5. The summed E-state index contributed by atoms with van der Waals surface area (Å²) in [5, 5.41) is 2.25. The van der Waals surface area contributed by atoms with Gasteiger partial charge in [0.2, 0.25) is 0 Å². The zero-order valence-electron chi connectivity index (χ0n) is 36.2. The smallest absolute Gasteiger partial charge is 0.135 e. The zero-order valence-corrected chi connectivity index (χ0v) is 38.5. The molecule has 0 unspecified atom stereocenters. The Hall–Kier alpha value is -5.12. The maximum absolute atomic E-state index is 6.80. The Balaban J connectivity index is 0.00000528. The normalized spacial score (nSPS) is 13.8. The van der Waals surface area contributed by atoms with Crippen LogP contribution >= 0.6 is 0 Å². The van der Waals surface area contributed by atoms with Gasteiger partial charge in [0.05, 0.1) is 0 Å². The van der Waals surface area contributed by atoms with Crippen LogP contribution in [0.2, 0.25) is 0 Å². The average molecular weight is 959 g/mol. The van der Waals surface area contributed by atoms with Gasteiger partial charge < -0.3 is 19.1 Å². The largest absolute Gasteiger partial charge is 0.509 e. The molecule has 1 aliphatic rings. The van der Waals surface area contributed by atoms with Crippen LogP contribution in [0.1, 0.15) is 98.4 Å². The molecule has 8 rings (SSSR count). The van der Waals surface area contributed by atoms with Crippen molar-refractivity contribution < 1.29 is 25.8 Å². The number of hydrogen-bond acceptors (Lipinski definition) is 4. The van der Waals surface area contributed by atoms with E-state index in [0.717, 1.165) is 50.3 Å². The molecule has 0 aliphatic carbocycles. The fourth-order valence-electron chi connectivity index (χ4n) is 7.82. The van der Waals surface area contributed by atoms with Crippen LogP contribution < -0.4 is 14.5 Å². The van der Waals surface area contributed by atoms with Crippen molar-refractivity contribution >= 4 is 33.2 Å². The third-order valence-corrected chi connectivity index (χ3v) is 11.5. The van der Waals surface area contributed by atoms with E-state index in [2.05, 4.69) is 225 Å². The van der Waals surface area contributed by atoms with Gasteiger partial charge in [-0.3, -0.25) is 0 Å². The molecule has 5 aromatic carbocycles. The summed E-state index contributed by atoms with van der Waals surface area (Å²) in [6.07, 6.45) is 4.17. The molecule has 0 N–H and O–H groups in total. The number of nitrogens with zero attached hydrogens (tertiary/aromatic N) is 4. The van der Waals surface area contributed by atoms with Gasteiger partial charge in [-0.2, -0.15) is 6.07 Å². The van der Waals surface area contributed by atoms with Gasteiger partial charge in [-0.1, -0.05) is 142 Å². The summed E-state index contributed by atoms with van der Waals surface area (Å²) < 4.78 is 9.00. The Bertz CT molecular complexity index is 2670. The Kier molecular flexibility index (Phi) is 11.0. The molecule has 5 nitrogen and oxygen atoms in total. The molecule has 59 heavy (non-hydrogen) atoms. The topological polar surface area (TPSA) is 33.5 Å². The van der Waals surface area contributed by atoms with E-state index in [9.17, 15) is 0 Å². The Morgan fingerprint density at radius 3 is 1.98 bits per heavy atom. The first-order valence-corrected chi connectivity index (χ1v) is 20.4. The van der Waals surface area contributed by atoms with E-state index in [1.807, 2.05) is 12.3 Å². The summed E-state index contributed by atoms with van der Waals surface area (Å²) >= 11 is 0. The molecule has 6 heteroatoms. The minimum absolute atomic E-state index is 0. The number of rotatable bonds is 7. The van der Waals surface area contributed by atoms with Crippen LogP contribution in [0.15, 0.2) is 133 Å². The van der Waals surface area contributed by atoms with Gasteiger partial charge in [0.15, 0.2) is 0 Å². The van der Waals surface area contributed by atoms with Gasteiger partial charge >= 0.3 is 0 Å². The number of para-hydroxylation sites is 1. The van der Waals surface area contributed by atoms with Gasteiger partial charge in [0, 0.05) is 66.5 Å². The summed E-state index contributed by atoms with van der Waals surface area (Å²) in [7, 11) is 0.